The molecule has 94 valence electrons. The maximum absolute atomic E-state index is 11.4. The summed E-state index contributed by atoms with van der Waals surface area (Å²) in [6, 6.07) is -0.331. The van der Waals surface area contributed by atoms with Gasteiger partial charge in [0.15, 0.2) is 0 Å². The van der Waals surface area contributed by atoms with Crippen LogP contribution in [-0.4, -0.2) is 30.8 Å². The lowest BCUT2D eigenvalue weighted by Gasteiger charge is -2.23. The Morgan fingerprint density at radius 2 is 1.69 bits per heavy atom. The van der Waals surface area contributed by atoms with E-state index in [1.165, 1.54) is 7.11 Å². The fraction of sp³-hybridized carbons (Fsp3) is 0.818. The minimum Gasteiger partial charge on any atom is -0.469 e. The van der Waals surface area contributed by atoms with Gasteiger partial charge in [0.1, 0.15) is 5.60 Å². The Hall–Kier alpha value is -1.26. The zero-order valence-electron chi connectivity index (χ0n) is 10.8. The van der Waals surface area contributed by atoms with Crippen molar-refractivity contribution in [3.63, 3.8) is 0 Å². The average molecular weight is 231 g/mol. The summed E-state index contributed by atoms with van der Waals surface area (Å²) in [5.74, 6) is -0.763. The fourth-order valence-electron chi connectivity index (χ4n) is 1.01. The first kappa shape index (κ1) is 14.7. The Morgan fingerprint density at radius 3 is 2.06 bits per heavy atom. The first-order valence-electron chi connectivity index (χ1n) is 5.24. The Bertz CT molecular complexity index is 257. The molecule has 5 heteroatoms. The molecule has 0 rings (SSSR count). The smallest absolute Gasteiger partial charge is 0.407 e. The van der Waals surface area contributed by atoms with Crippen molar-refractivity contribution in [1.82, 2.24) is 5.32 Å². The average Bonchev–Trinajstić information content (AvgIpc) is 2.12. The molecule has 0 saturated carbocycles. The molecule has 0 aliphatic carbocycles. The Balaban J connectivity index is 4.19. The first-order valence-corrected chi connectivity index (χ1v) is 5.24. The molecule has 16 heavy (non-hydrogen) atoms. The van der Waals surface area contributed by atoms with Gasteiger partial charge in [0, 0.05) is 6.04 Å². The summed E-state index contributed by atoms with van der Waals surface area (Å²) >= 11 is 0. The molecule has 5 nitrogen and oxygen atoms in total. The van der Waals surface area contributed by atoms with Crippen LogP contribution < -0.4 is 5.32 Å². The van der Waals surface area contributed by atoms with E-state index in [9.17, 15) is 9.59 Å². The van der Waals surface area contributed by atoms with Gasteiger partial charge in [-0.15, -0.1) is 0 Å². The van der Waals surface area contributed by atoms with Crippen molar-refractivity contribution in [2.24, 2.45) is 5.92 Å². The predicted octanol–water partition coefficient (Wildman–Crippen LogP) is 1.71. The number of carbonyl (C=O) groups is 2. The lowest BCUT2D eigenvalue weighted by Crippen LogP contribution is -2.43. The van der Waals surface area contributed by atoms with Crippen LogP contribution in [0.15, 0.2) is 0 Å². The lowest BCUT2D eigenvalue weighted by atomic mass is 10.0. The van der Waals surface area contributed by atoms with Crippen molar-refractivity contribution in [3.8, 4) is 0 Å². The molecular formula is C11H21NO4. The molecule has 0 aromatic rings. The topological polar surface area (TPSA) is 64.6 Å². The summed E-state index contributed by atoms with van der Waals surface area (Å²) in [5.41, 5.74) is -0.543. The molecule has 0 aliphatic heterocycles. The molecule has 1 N–H and O–H groups in total. The van der Waals surface area contributed by atoms with Gasteiger partial charge in [-0.25, -0.2) is 4.79 Å². The van der Waals surface area contributed by atoms with E-state index in [1.807, 2.05) is 0 Å². The third kappa shape index (κ3) is 5.58. The van der Waals surface area contributed by atoms with Crippen molar-refractivity contribution in [3.05, 3.63) is 0 Å². The Labute approximate surface area is 96.5 Å². The van der Waals surface area contributed by atoms with Crippen LogP contribution in [0.3, 0.4) is 0 Å². The molecule has 0 spiro atoms. The number of esters is 1. The number of ether oxygens (including phenoxy) is 2. The SMILES string of the molecule is COC(=O)C(C)C(C)NC(=O)OC(C)(C)C. The van der Waals surface area contributed by atoms with Crippen LogP contribution in [0.1, 0.15) is 34.6 Å². The molecule has 0 radical (unpaired) electrons. The van der Waals surface area contributed by atoms with Gasteiger partial charge in [0.25, 0.3) is 0 Å². The highest BCUT2D eigenvalue weighted by molar-refractivity contribution is 5.74. The maximum atomic E-state index is 11.4. The number of methoxy groups -OCH3 is 1. The highest BCUT2D eigenvalue weighted by atomic mass is 16.6. The van der Waals surface area contributed by atoms with E-state index in [4.69, 9.17) is 4.74 Å². The van der Waals surface area contributed by atoms with Crippen molar-refractivity contribution in [2.45, 2.75) is 46.3 Å². The monoisotopic (exact) mass is 231 g/mol. The lowest BCUT2D eigenvalue weighted by molar-refractivity contribution is -0.145. The fourth-order valence-corrected chi connectivity index (χ4v) is 1.01. The Kier molecular flexibility index (Phi) is 5.27. The van der Waals surface area contributed by atoms with Crippen LogP contribution in [0, 0.1) is 5.92 Å². The molecule has 0 aromatic carbocycles. The number of nitrogens with one attached hydrogen (secondary N) is 1. The molecule has 2 unspecified atom stereocenters. The number of rotatable bonds is 3. The van der Waals surface area contributed by atoms with E-state index in [0.717, 1.165) is 0 Å². The van der Waals surface area contributed by atoms with Gasteiger partial charge in [-0.1, -0.05) is 0 Å². The van der Waals surface area contributed by atoms with Crippen molar-refractivity contribution in [1.29, 1.82) is 0 Å². The third-order valence-electron chi connectivity index (χ3n) is 2.07. The van der Waals surface area contributed by atoms with E-state index in [-0.39, 0.29) is 12.0 Å². The second-order valence-corrected chi connectivity index (χ2v) is 4.75. The molecule has 2 atom stereocenters. The molecular weight excluding hydrogens is 210 g/mol. The van der Waals surface area contributed by atoms with E-state index in [1.54, 1.807) is 34.6 Å². The minimum absolute atomic E-state index is 0.331. The standard InChI is InChI=1S/C11H21NO4/c1-7(9(13)15-6)8(2)12-10(14)16-11(3,4)5/h7-8H,1-6H3,(H,12,14). The third-order valence-corrected chi connectivity index (χ3v) is 2.07. The van der Waals surface area contributed by atoms with E-state index in [0.29, 0.717) is 0 Å². The van der Waals surface area contributed by atoms with Crippen molar-refractivity contribution >= 4 is 12.1 Å². The summed E-state index contributed by atoms with van der Waals surface area (Å²) in [5, 5.41) is 2.59. The summed E-state index contributed by atoms with van der Waals surface area (Å²) in [6.07, 6.45) is -0.532. The molecule has 0 bridgehead atoms. The highest BCUT2D eigenvalue weighted by Crippen LogP contribution is 2.09. The molecule has 0 saturated heterocycles. The molecule has 0 aliphatic rings. The van der Waals surface area contributed by atoms with Gasteiger partial charge < -0.3 is 14.8 Å². The number of alkyl carbamates (subject to hydrolysis) is 1. The van der Waals surface area contributed by atoms with E-state index in [2.05, 4.69) is 10.1 Å². The van der Waals surface area contributed by atoms with E-state index >= 15 is 0 Å². The second kappa shape index (κ2) is 5.72. The van der Waals surface area contributed by atoms with Gasteiger partial charge in [-0.2, -0.15) is 0 Å². The zero-order chi connectivity index (χ0) is 12.9. The quantitative estimate of drug-likeness (QED) is 0.751. The van der Waals surface area contributed by atoms with Gasteiger partial charge in [0.05, 0.1) is 13.0 Å². The highest BCUT2D eigenvalue weighted by Gasteiger charge is 2.24. The van der Waals surface area contributed by atoms with E-state index < -0.39 is 17.6 Å². The van der Waals surface area contributed by atoms with Crippen LogP contribution in [0.25, 0.3) is 0 Å². The van der Waals surface area contributed by atoms with Gasteiger partial charge in [-0.3, -0.25) is 4.79 Å². The van der Waals surface area contributed by atoms with Gasteiger partial charge >= 0.3 is 12.1 Å². The van der Waals surface area contributed by atoms with Crippen LogP contribution >= 0.6 is 0 Å². The normalized spacial score (nSPS) is 14.9. The Morgan fingerprint density at radius 1 is 1.19 bits per heavy atom. The minimum atomic E-state index is -0.543. The summed E-state index contributed by atoms with van der Waals surface area (Å²) in [7, 11) is 1.32. The summed E-state index contributed by atoms with van der Waals surface area (Å²) < 4.78 is 9.65. The van der Waals surface area contributed by atoms with Crippen LogP contribution in [-0.2, 0) is 14.3 Å². The second-order valence-electron chi connectivity index (χ2n) is 4.75. The summed E-state index contributed by atoms with van der Waals surface area (Å²) in [6.45, 7) is 8.75. The van der Waals surface area contributed by atoms with Gasteiger partial charge in [-0.05, 0) is 34.6 Å². The first-order chi connectivity index (χ1) is 7.17. The maximum Gasteiger partial charge on any atom is 0.407 e. The number of amides is 1. The van der Waals surface area contributed by atoms with Crippen molar-refractivity contribution < 1.29 is 19.1 Å². The molecule has 1 amide bonds. The molecule has 0 fully saturated rings. The number of carbonyl (C=O) groups excluding carboxylic acids is 2. The van der Waals surface area contributed by atoms with Gasteiger partial charge in [0.2, 0.25) is 0 Å². The van der Waals surface area contributed by atoms with Crippen LogP contribution in [0.5, 0.6) is 0 Å². The number of hydrogen-bond acceptors (Lipinski definition) is 4. The largest absolute Gasteiger partial charge is 0.469 e. The zero-order valence-corrected chi connectivity index (χ0v) is 10.8. The van der Waals surface area contributed by atoms with Crippen LogP contribution in [0.4, 0.5) is 4.79 Å². The predicted molar refractivity (Wildman–Crippen MR) is 60.0 cm³/mol. The molecule has 0 aromatic heterocycles. The molecule has 0 heterocycles. The van der Waals surface area contributed by atoms with Crippen LogP contribution in [0.2, 0.25) is 0 Å². The van der Waals surface area contributed by atoms with Crippen molar-refractivity contribution in [2.75, 3.05) is 7.11 Å². The number of hydrogen-bond donors (Lipinski definition) is 1. The summed E-state index contributed by atoms with van der Waals surface area (Å²) in [4.78, 5) is 22.6.